The minimum absolute atomic E-state index is 0.397. The molecule has 1 rings (SSSR count). The van der Waals surface area contributed by atoms with E-state index >= 15 is 0 Å². The summed E-state index contributed by atoms with van der Waals surface area (Å²) in [5, 5.41) is 0. The van der Waals surface area contributed by atoms with Gasteiger partial charge >= 0.3 is 6.09 Å². The number of nitrogens with zero attached hydrogens (tertiary/aromatic N) is 1. The average molecular weight is 220 g/mol. The Morgan fingerprint density at radius 2 is 2.07 bits per heavy atom. The number of amides is 1. The number of carbonyl (C=O) groups is 1. The Morgan fingerprint density at radius 1 is 1.53 bits per heavy atom. The van der Waals surface area contributed by atoms with Gasteiger partial charge < -0.3 is 4.74 Å². The highest BCUT2D eigenvalue weighted by Crippen LogP contribution is 2.32. The predicted molar refractivity (Wildman–Crippen MR) is 51.6 cm³/mol. The highest BCUT2D eigenvalue weighted by Gasteiger charge is 2.46. The molecule has 0 aromatic heterocycles. The van der Waals surface area contributed by atoms with Gasteiger partial charge in [-0.25, -0.2) is 13.6 Å². The van der Waals surface area contributed by atoms with Crippen LogP contribution < -0.4 is 0 Å². The van der Waals surface area contributed by atoms with Gasteiger partial charge in [0.2, 0.25) is 0 Å². The van der Waals surface area contributed by atoms with Crippen LogP contribution in [0.25, 0.3) is 0 Å². The number of rotatable bonds is 0. The Balaban J connectivity index is 2.62. The first-order valence-electron chi connectivity index (χ1n) is 4.81. The van der Waals surface area contributed by atoms with Crippen LogP contribution in [0.3, 0.4) is 0 Å². The third kappa shape index (κ3) is 3.32. The number of hydrogen-bond acceptors (Lipinski definition) is 2. The van der Waals surface area contributed by atoms with Gasteiger partial charge in [-0.2, -0.15) is 0 Å². The lowest BCUT2D eigenvalue weighted by molar-refractivity contribution is -0.00218. The molecule has 1 heterocycles. The summed E-state index contributed by atoms with van der Waals surface area (Å²) in [5.74, 6) is -2.84. The normalized spacial score (nSPS) is 25.5. The minimum Gasteiger partial charge on any atom is -0.444 e. The van der Waals surface area contributed by atoms with Crippen LogP contribution in [0.5, 0.6) is 0 Å². The zero-order chi connectivity index (χ0) is 11.9. The average Bonchev–Trinajstić information content (AvgIpc) is 2.20. The summed E-state index contributed by atoms with van der Waals surface area (Å²) in [6, 6.07) is -0.713. The molecule has 1 aliphatic heterocycles. The van der Waals surface area contributed by atoms with Crippen LogP contribution >= 0.6 is 0 Å². The molecule has 0 bridgehead atoms. The van der Waals surface area contributed by atoms with Crippen molar-refractivity contribution in [2.24, 2.45) is 0 Å². The summed E-state index contributed by atoms with van der Waals surface area (Å²) in [7, 11) is 0. The highest BCUT2D eigenvalue weighted by atomic mass is 19.3. The van der Waals surface area contributed by atoms with E-state index in [1.807, 2.05) is 0 Å². The fourth-order valence-electron chi connectivity index (χ4n) is 1.43. The van der Waals surface area contributed by atoms with Gasteiger partial charge in [0.15, 0.2) is 0 Å². The van der Waals surface area contributed by atoms with E-state index in [4.69, 9.17) is 4.74 Å². The Morgan fingerprint density at radius 3 is 2.40 bits per heavy atom. The van der Waals surface area contributed by atoms with E-state index in [-0.39, 0.29) is 0 Å². The van der Waals surface area contributed by atoms with Crippen molar-refractivity contribution < 1.29 is 18.3 Å². The molecule has 1 fully saturated rings. The monoisotopic (exact) mass is 220 g/mol. The van der Waals surface area contributed by atoms with Crippen LogP contribution in [0.2, 0.25) is 0 Å². The van der Waals surface area contributed by atoms with Crippen molar-refractivity contribution in [3.8, 4) is 0 Å². The van der Waals surface area contributed by atoms with E-state index in [0.29, 0.717) is 0 Å². The summed E-state index contributed by atoms with van der Waals surface area (Å²) in [6.07, 6.45) is -1.12. The highest BCUT2D eigenvalue weighted by molar-refractivity contribution is 5.69. The fraction of sp³-hybridized carbons (Fsp3) is 0.800. The van der Waals surface area contributed by atoms with Crippen molar-refractivity contribution >= 4 is 6.09 Å². The number of likely N-dealkylation sites (tertiary alicyclic amines) is 1. The quantitative estimate of drug-likeness (QED) is 0.627. The van der Waals surface area contributed by atoms with Gasteiger partial charge in [0.05, 0.1) is 6.54 Å². The van der Waals surface area contributed by atoms with E-state index in [1.165, 1.54) is 0 Å². The molecule has 87 valence electrons. The first-order chi connectivity index (χ1) is 6.61. The molecule has 3 nitrogen and oxygen atoms in total. The van der Waals surface area contributed by atoms with Crippen LogP contribution in [-0.4, -0.2) is 35.1 Å². The standard InChI is InChI=1S/C10H16F2NO2/c1-7-5-10(11,12)6-13(7)8(14)15-9(2,3)4/h7H,1,5-6H2,2-4H3/t7-/m1/s1. The zero-order valence-corrected chi connectivity index (χ0v) is 9.22. The van der Waals surface area contributed by atoms with Gasteiger partial charge in [-0.15, -0.1) is 0 Å². The number of halogens is 2. The number of carbonyl (C=O) groups excluding carboxylic acids is 1. The maximum atomic E-state index is 12.9. The molecule has 1 aliphatic rings. The molecular formula is C10H16F2NO2. The molecule has 15 heavy (non-hydrogen) atoms. The largest absolute Gasteiger partial charge is 0.444 e. The van der Waals surface area contributed by atoms with Crippen LogP contribution in [0.4, 0.5) is 13.6 Å². The fourth-order valence-corrected chi connectivity index (χ4v) is 1.43. The van der Waals surface area contributed by atoms with Gasteiger partial charge in [0.1, 0.15) is 5.60 Å². The smallest absolute Gasteiger partial charge is 0.410 e. The molecule has 0 aromatic rings. The van der Waals surface area contributed by atoms with E-state index in [2.05, 4.69) is 6.92 Å². The van der Waals surface area contributed by atoms with Crippen molar-refractivity contribution in [1.82, 2.24) is 4.90 Å². The Labute approximate surface area is 88.4 Å². The van der Waals surface area contributed by atoms with E-state index in [0.717, 1.165) is 4.90 Å². The third-order valence-electron chi connectivity index (χ3n) is 2.00. The first kappa shape index (κ1) is 12.2. The van der Waals surface area contributed by atoms with Crippen molar-refractivity contribution in [3.05, 3.63) is 6.92 Å². The zero-order valence-electron chi connectivity index (χ0n) is 9.22. The summed E-state index contributed by atoms with van der Waals surface area (Å²) in [4.78, 5) is 12.5. The molecule has 0 spiro atoms. The molecule has 0 aliphatic carbocycles. The Bertz CT molecular complexity index is 261. The second-order valence-electron chi connectivity index (χ2n) is 4.82. The molecule has 1 amide bonds. The van der Waals surface area contributed by atoms with Gasteiger partial charge in [-0.1, -0.05) is 0 Å². The van der Waals surface area contributed by atoms with Crippen LogP contribution in [0.1, 0.15) is 27.2 Å². The molecule has 5 heteroatoms. The van der Waals surface area contributed by atoms with Crippen LogP contribution in [-0.2, 0) is 4.74 Å². The second-order valence-corrected chi connectivity index (χ2v) is 4.82. The Kier molecular flexibility index (Phi) is 2.94. The predicted octanol–water partition coefficient (Wildman–Crippen LogP) is 2.47. The molecule has 0 unspecified atom stereocenters. The molecule has 0 aromatic carbocycles. The number of alkyl halides is 2. The van der Waals surface area contributed by atoms with Crippen molar-refractivity contribution in [3.63, 3.8) is 0 Å². The van der Waals surface area contributed by atoms with Crippen molar-refractivity contribution in [2.75, 3.05) is 6.54 Å². The van der Waals surface area contributed by atoms with Gasteiger partial charge in [0.25, 0.3) is 5.92 Å². The third-order valence-corrected chi connectivity index (χ3v) is 2.00. The van der Waals surface area contributed by atoms with Gasteiger partial charge in [-0.05, 0) is 27.7 Å². The summed E-state index contributed by atoms with van der Waals surface area (Å²) < 4.78 is 30.9. The van der Waals surface area contributed by atoms with E-state index < -0.39 is 36.6 Å². The van der Waals surface area contributed by atoms with E-state index in [1.54, 1.807) is 20.8 Å². The van der Waals surface area contributed by atoms with Gasteiger partial charge in [-0.3, -0.25) is 4.90 Å². The lowest BCUT2D eigenvalue weighted by Gasteiger charge is -2.26. The molecule has 1 atom stereocenters. The first-order valence-corrected chi connectivity index (χ1v) is 4.81. The summed E-state index contributed by atoms with van der Waals surface area (Å²) in [5.41, 5.74) is -0.672. The lowest BCUT2D eigenvalue weighted by Crippen LogP contribution is -2.39. The molecule has 1 radical (unpaired) electrons. The summed E-state index contributed by atoms with van der Waals surface area (Å²) in [6.45, 7) is 7.98. The summed E-state index contributed by atoms with van der Waals surface area (Å²) >= 11 is 0. The number of hydrogen-bond donors (Lipinski definition) is 0. The maximum Gasteiger partial charge on any atom is 0.410 e. The topological polar surface area (TPSA) is 29.5 Å². The SMILES string of the molecule is [CH2][C@@H]1CC(F)(F)CN1C(=O)OC(C)(C)C. The molecule has 1 saturated heterocycles. The number of ether oxygens (including phenoxy) is 1. The van der Waals surface area contributed by atoms with Crippen LogP contribution in [0, 0.1) is 6.92 Å². The Hall–Kier alpha value is -0.870. The molecule has 0 saturated carbocycles. The van der Waals surface area contributed by atoms with Crippen molar-refractivity contribution in [1.29, 1.82) is 0 Å². The van der Waals surface area contributed by atoms with Gasteiger partial charge in [0, 0.05) is 12.5 Å². The molecule has 0 N–H and O–H groups in total. The van der Waals surface area contributed by atoms with Crippen LogP contribution in [0.15, 0.2) is 0 Å². The maximum absolute atomic E-state index is 12.9. The lowest BCUT2D eigenvalue weighted by atomic mass is 10.2. The second kappa shape index (κ2) is 3.61. The van der Waals surface area contributed by atoms with E-state index in [9.17, 15) is 13.6 Å². The molecular weight excluding hydrogens is 204 g/mol. The minimum atomic E-state index is -2.84. The van der Waals surface area contributed by atoms with Crippen molar-refractivity contribution in [2.45, 2.75) is 44.8 Å².